The van der Waals surface area contributed by atoms with Crippen LogP contribution < -0.4 is 20.7 Å². The van der Waals surface area contributed by atoms with E-state index in [9.17, 15) is 36.6 Å². The van der Waals surface area contributed by atoms with Crippen LogP contribution in [0.4, 0.5) is 22.0 Å². The zero-order valence-electron chi connectivity index (χ0n) is 21.2. The predicted molar refractivity (Wildman–Crippen MR) is 133 cm³/mol. The minimum Gasteiger partial charge on any atom is -0.455 e. The Hall–Kier alpha value is -4.33. The molecular formula is C26H23F5N4O5. The number of aryl methyl sites for hydroxylation is 1. The van der Waals surface area contributed by atoms with Gasteiger partial charge >= 0.3 is 18.0 Å². The van der Waals surface area contributed by atoms with Crippen LogP contribution >= 0.6 is 0 Å². The zero-order valence-corrected chi connectivity index (χ0v) is 21.2. The summed E-state index contributed by atoms with van der Waals surface area (Å²) in [6.45, 7) is 0.180. The Bertz CT molecular complexity index is 1640. The highest BCUT2D eigenvalue weighted by Crippen LogP contribution is 2.33. The molecule has 0 spiro atoms. The van der Waals surface area contributed by atoms with Crippen LogP contribution in [0.3, 0.4) is 0 Å². The zero-order chi connectivity index (χ0) is 29.2. The molecule has 0 saturated heterocycles. The van der Waals surface area contributed by atoms with Gasteiger partial charge in [0.2, 0.25) is 0 Å². The van der Waals surface area contributed by atoms with Crippen LogP contribution in [0, 0.1) is 0 Å². The van der Waals surface area contributed by atoms with Crippen molar-refractivity contribution in [1.29, 1.82) is 0 Å². The van der Waals surface area contributed by atoms with Gasteiger partial charge in [-0.15, -0.1) is 0 Å². The molecule has 1 N–H and O–H groups in total. The first-order chi connectivity index (χ1) is 18.8. The third kappa shape index (κ3) is 6.28. The van der Waals surface area contributed by atoms with Gasteiger partial charge in [0.05, 0.1) is 11.6 Å². The van der Waals surface area contributed by atoms with Gasteiger partial charge in [0, 0.05) is 51.4 Å². The molecule has 0 bridgehead atoms. The largest absolute Gasteiger partial charge is 0.455 e. The van der Waals surface area contributed by atoms with Crippen LogP contribution in [-0.4, -0.2) is 36.9 Å². The molecule has 0 radical (unpaired) electrons. The molecule has 3 heterocycles. The van der Waals surface area contributed by atoms with Crippen LogP contribution in [0.25, 0.3) is 11.0 Å². The number of aliphatic hydroxyl groups is 1. The molecular weight excluding hydrogens is 543 g/mol. The van der Waals surface area contributed by atoms with Crippen LogP contribution in [0.2, 0.25) is 0 Å². The highest BCUT2D eigenvalue weighted by atomic mass is 19.4. The van der Waals surface area contributed by atoms with Gasteiger partial charge in [0.15, 0.2) is 0 Å². The Morgan fingerprint density at radius 2 is 1.73 bits per heavy atom. The molecule has 212 valence electrons. The van der Waals surface area contributed by atoms with Crippen molar-refractivity contribution in [3.8, 4) is 17.2 Å². The average Bonchev–Trinajstić information content (AvgIpc) is 2.87. The minimum atomic E-state index is -4.66. The second-order valence-electron chi connectivity index (χ2n) is 8.89. The van der Waals surface area contributed by atoms with Gasteiger partial charge in [0.1, 0.15) is 28.6 Å². The first-order valence-corrected chi connectivity index (χ1v) is 11.9. The Balaban J connectivity index is 1.89. The Morgan fingerprint density at radius 1 is 1.00 bits per heavy atom. The molecule has 40 heavy (non-hydrogen) atoms. The van der Waals surface area contributed by atoms with E-state index in [1.165, 1.54) is 43.6 Å². The van der Waals surface area contributed by atoms with Crippen molar-refractivity contribution in [2.45, 2.75) is 38.6 Å². The van der Waals surface area contributed by atoms with Crippen LogP contribution in [0.5, 0.6) is 17.2 Å². The van der Waals surface area contributed by atoms with E-state index < -0.39 is 29.2 Å². The summed E-state index contributed by atoms with van der Waals surface area (Å²) in [4.78, 5) is 34.0. The van der Waals surface area contributed by atoms with E-state index in [1.54, 1.807) is 0 Å². The van der Waals surface area contributed by atoms with Crippen molar-refractivity contribution < 1.29 is 36.5 Å². The maximum absolute atomic E-state index is 13.5. The first kappa shape index (κ1) is 28.7. The van der Waals surface area contributed by atoms with Gasteiger partial charge in [-0.3, -0.25) is 18.9 Å². The van der Waals surface area contributed by atoms with E-state index in [0.717, 1.165) is 21.4 Å². The molecule has 3 aromatic heterocycles. The topological polar surface area (TPSA) is 108 Å². The summed E-state index contributed by atoms with van der Waals surface area (Å²) >= 11 is 0. The van der Waals surface area contributed by atoms with Crippen molar-refractivity contribution in [1.82, 2.24) is 19.1 Å². The number of fused-ring (bicyclic) bond motifs is 1. The van der Waals surface area contributed by atoms with Crippen molar-refractivity contribution >= 4 is 11.0 Å². The summed E-state index contributed by atoms with van der Waals surface area (Å²) < 4.78 is 78.4. The molecule has 0 atom stereocenters. The second kappa shape index (κ2) is 11.0. The molecule has 4 aromatic rings. The quantitative estimate of drug-likeness (QED) is 0.302. The first-order valence-electron chi connectivity index (χ1n) is 11.9. The van der Waals surface area contributed by atoms with E-state index in [1.807, 2.05) is 0 Å². The summed E-state index contributed by atoms with van der Waals surface area (Å²) in [6, 6.07) is 7.29. The van der Waals surface area contributed by atoms with E-state index in [0.29, 0.717) is 6.92 Å². The molecule has 9 nitrogen and oxygen atoms in total. The van der Waals surface area contributed by atoms with Crippen molar-refractivity contribution in [3.63, 3.8) is 0 Å². The number of hydrogen-bond donors (Lipinski definition) is 1. The lowest BCUT2D eigenvalue weighted by Crippen LogP contribution is -2.40. The summed E-state index contributed by atoms with van der Waals surface area (Å²) in [7, 11) is 1.39. The van der Waals surface area contributed by atoms with Crippen molar-refractivity contribution in [2.75, 3.05) is 6.61 Å². The lowest BCUT2D eigenvalue weighted by atomic mass is 10.0. The molecule has 0 amide bonds. The summed E-state index contributed by atoms with van der Waals surface area (Å²) in [6.07, 6.45) is -5.95. The maximum Gasteiger partial charge on any atom is 0.433 e. The molecule has 0 aliphatic heterocycles. The number of hydrogen-bond acceptors (Lipinski definition) is 7. The third-order valence-electron chi connectivity index (χ3n) is 5.79. The Labute approximate surface area is 223 Å². The lowest BCUT2D eigenvalue weighted by Gasteiger charge is -2.17. The van der Waals surface area contributed by atoms with Gasteiger partial charge < -0.3 is 14.6 Å². The van der Waals surface area contributed by atoms with Gasteiger partial charge in [-0.05, 0) is 30.2 Å². The standard InChI is InChI=1S/C26H23F5N4O5/c1-25(27,28)40-17-6-3-5-16(12-17)39-19-14-33-22-21(23(37)35(9-4-10-36)24(38)34(22)2)18(19)11-15-7-8-20(32-13-15)26(29,30)31/h3,5-8,12-14,36H,4,9-11H2,1-2H3. The van der Waals surface area contributed by atoms with E-state index >= 15 is 0 Å². The van der Waals surface area contributed by atoms with Crippen molar-refractivity contribution in [3.05, 3.63) is 86.5 Å². The fraction of sp³-hybridized carbons (Fsp3) is 0.308. The number of benzene rings is 1. The normalized spacial score (nSPS) is 12.1. The highest BCUT2D eigenvalue weighted by molar-refractivity contribution is 5.81. The number of alkyl halides is 5. The average molecular weight is 566 g/mol. The molecule has 0 aliphatic rings. The van der Waals surface area contributed by atoms with Crippen LogP contribution in [0.15, 0.2) is 58.4 Å². The Morgan fingerprint density at radius 3 is 2.35 bits per heavy atom. The van der Waals surface area contributed by atoms with E-state index in [2.05, 4.69) is 14.7 Å². The molecule has 14 heteroatoms. The number of rotatable bonds is 9. The third-order valence-corrected chi connectivity index (χ3v) is 5.79. The number of pyridine rings is 2. The summed E-state index contributed by atoms with van der Waals surface area (Å²) in [5.74, 6) is -0.182. The van der Waals surface area contributed by atoms with Crippen molar-refractivity contribution in [2.24, 2.45) is 7.05 Å². The molecule has 0 aliphatic carbocycles. The maximum atomic E-state index is 13.5. The monoisotopic (exact) mass is 566 g/mol. The van der Waals surface area contributed by atoms with Gasteiger partial charge in [-0.1, -0.05) is 12.1 Å². The number of ether oxygens (including phenoxy) is 2. The lowest BCUT2D eigenvalue weighted by molar-refractivity contribution is -0.159. The Kier molecular flexibility index (Phi) is 7.91. The molecule has 4 rings (SSSR count). The summed E-state index contributed by atoms with van der Waals surface area (Å²) in [5.41, 5.74) is -2.10. The minimum absolute atomic E-state index is 0.0137. The molecule has 0 saturated carbocycles. The predicted octanol–water partition coefficient (Wildman–Crippen LogP) is 4.27. The summed E-state index contributed by atoms with van der Waals surface area (Å²) in [5, 5.41) is 9.17. The number of halogens is 5. The molecule has 0 fully saturated rings. The number of nitrogens with zero attached hydrogens (tertiary/aromatic N) is 4. The van der Waals surface area contributed by atoms with E-state index in [-0.39, 0.29) is 65.4 Å². The molecule has 0 unspecified atom stereocenters. The molecule has 1 aromatic carbocycles. The second-order valence-corrected chi connectivity index (χ2v) is 8.89. The van der Waals surface area contributed by atoms with E-state index in [4.69, 9.17) is 4.74 Å². The van der Waals surface area contributed by atoms with Gasteiger partial charge in [-0.25, -0.2) is 9.78 Å². The fourth-order valence-electron chi connectivity index (χ4n) is 4.02. The smallest absolute Gasteiger partial charge is 0.433 e. The SMILES string of the molecule is Cn1c(=O)n(CCCO)c(=O)c2c(Cc3ccc(C(F)(F)F)nc3)c(Oc3cccc(OC(C)(F)F)c3)cnc21. The van der Waals surface area contributed by atoms with Crippen LogP contribution in [-0.2, 0) is 26.2 Å². The van der Waals surface area contributed by atoms with Gasteiger partial charge in [-0.2, -0.15) is 22.0 Å². The number of aromatic nitrogens is 4. The van der Waals surface area contributed by atoms with Crippen LogP contribution in [0.1, 0.15) is 30.2 Å². The van der Waals surface area contributed by atoms with Gasteiger partial charge in [0.25, 0.3) is 5.56 Å². The highest BCUT2D eigenvalue weighted by Gasteiger charge is 2.32. The number of aliphatic hydroxyl groups excluding tert-OH is 1. The fourth-order valence-corrected chi connectivity index (χ4v) is 4.02.